The number of benzene rings is 9. The molecule has 0 unspecified atom stereocenters. The average Bonchev–Trinajstić information content (AvgIpc) is 0.737. The molecule has 26 heteroatoms. The van der Waals surface area contributed by atoms with Crippen molar-refractivity contribution in [1.82, 2.24) is 0 Å². The molecule has 3 aliphatic rings. The van der Waals surface area contributed by atoms with Crippen LogP contribution in [0.4, 0.5) is 17.1 Å². The third kappa shape index (κ3) is 37.0. The van der Waals surface area contributed by atoms with Crippen LogP contribution < -0.4 is 57.3 Å². The van der Waals surface area contributed by atoms with Gasteiger partial charge in [0, 0.05) is 160 Å². The first-order valence-corrected chi connectivity index (χ1v) is 61.2. The van der Waals surface area contributed by atoms with Crippen LogP contribution in [0.2, 0.25) is 54.4 Å². The highest BCUT2D eigenvalue weighted by Crippen LogP contribution is 2.54. The Morgan fingerprint density at radius 2 is 0.664 bits per heavy atom. The molecule has 0 radical (unpaired) electrons. The number of esters is 1. The van der Waals surface area contributed by atoms with Crippen LogP contribution in [-0.4, -0.2) is 201 Å². The van der Waals surface area contributed by atoms with E-state index in [4.69, 9.17) is 84.3 Å². The second-order valence-electron chi connectivity index (χ2n) is 43.9. The summed E-state index contributed by atoms with van der Waals surface area (Å²) in [5.74, 6) is 7.74. The molecule has 818 valence electrons. The lowest BCUT2D eigenvalue weighted by Gasteiger charge is -2.43. The fourth-order valence-electron chi connectivity index (χ4n) is 17.4. The highest BCUT2D eigenvalue weighted by molar-refractivity contribution is 6.75. The summed E-state index contributed by atoms with van der Waals surface area (Å²) in [5, 5.41) is 0.729. The maximum Gasteiger partial charge on any atom is 0.302 e. The number of methoxy groups -OCH3 is 6. The van der Waals surface area contributed by atoms with E-state index in [1.54, 1.807) is 49.6 Å². The van der Waals surface area contributed by atoms with Gasteiger partial charge in [0.1, 0.15) is 51.7 Å². The Labute approximate surface area is 897 Å². The quantitative estimate of drug-likeness (QED) is 0.0114. The third-order valence-electron chi connectivity index (χ3n) is 30.0. The molecule has 23 nitrogen and oxygen atoms in total. The summed E-state index contributed by atoms with van der Waals surface area (Å²) in [4.78, 5) is 16.6. The maximum atomic E-state index is 9.82. The molecule has 9 aromatic carbocycles. The second-order valence-corrected chi connectivity index (χ2v) is 58.4. The van der Waals surface area contributed by atoms with Crippen LogP contribution in [0, 0.1) is 0 Å². The van der Waals surface area contributed by atoms with Crippen molar-refractivity contribution in [3.63, 3.8) is 0 Å². The highest BCUT2D eigenvalue weighted by Gasteiger charge is 2.47. The van der Waals surface area contributed by atoms with Crippen LogP contribution in [0.5, 0.6) is 51.7 Å². The second kappa shape index (κ2) is 59.5. The summed E-state index contributed by atoms with van der Waals surface area (Å²) < 4.78 is 106. The number of carbonyl (C=O) groups excluding carboxylic acids is 1. The first kappa shape index (κ1) is 124. The van der Waals surface area contributed by atoms with Gasteiger partial charge in [0.05, 0.1) is 46.2 Å². The van der Waals surface area contributed by atoms with Crippen molar-refractivity contribution in [2.24, 2.45) is 0 Å². The summed E-state index contributed by atoms with van der Waals surface area (Å²) in [6.07, 6.45) is 16.4. The lowest BCUT2D eigenvalue weighted by atomic mass is 9.66. The Hall–Kier alpha value is -10.4. The van der Waals surface area contributed by atoms with Crippen LogP contribution in [0.25, 0.3) is 0 Å². The average molecular weight is 2100 g/mol. The topological polar surface area (TPSA) is 202 Å². The molecule has 0 fully saturated rings. The Bertz CT molecular complexity index is 5470. The minimum atomic E-state index is -1.74. The number of anilines is 3. The van der Waals surface area contributed by atoms with Crippen LogP contribution >= 0.6 is 0 Å². The molecule has 9 aromatic rings. The van der Waals surface area contributed by atoms with Crippen molar-refractivity contribution in [1.29, 1.82) is 0 Å². The monoisotopic (exact) mass is 2100 g/mol. The number of likely N-dealkylation sites (N-methyl/N-ethyl adjacent to an activating group) is 3. The summed E-state index contributed by atoms with van der Waals surface area (Å²) in [7, 11) is 11.0. The van der Waals surface area contributed by atoms with Gasteiger partial charge in [-0.05, 0) is 247 Å². The molecule has 0 N–H and O–H groups in total. The third-order valence-corrected chi connectivity index (χ3v) is 43.6. The minimum absolute atomic E-state index is 0.185. The first-order valence-electron chi connectivity index (χ1n) is 52.5. The number of unbranched alkanes of at least 4 members (excludes halogenated alkanes) is 1. The van der Waals surface area contributed by atoms with E-state index in [1.165, 1.54) is 68.5 Å². The number of hydrogen-bond acceptors (Lipinski definition) is 23. The lowest BCUT2D eigenvalue weighted by Crippen LogP contribution is -2.42. The zero-order valence-electron chi connectivity index (χ0n) is 95.5. The van der Waals surface area contributed by atoms with E-state index < -0.39 is 25.0 Å². The number of carbonyl (C=O) groups is 1. The molecule has 0 saturated carbocycles. The van der Waals surface area contributed by atoms with Crippen LogP contribution in [0.3, 0.4) is 0 Å². The van der Waals surface area contributed by atoms with Crippen LogP contribution in [0.1, 0.15) is 197 Å². The van der Waals surface area contributed by atoms with E-state index in [2.05, 4.69) is 316 Å². The zero-order chi connectivity index (χ0) is 109. The molecule has 0 aromatic heterocycles. The number of hydrogen-bond donors (Lipinski definition) is 0. The number of fused-ring (bicyclic) bond motifs is 3. The molecule has 3 heterocycles. The Kier molecular flexibility index (Phi) is 49.5. The van der Waals surface area contributed by atoms with Gasteiger partial charge in [0.15, 0.2) is 65.7 Å². The Balaban J connectivity index is 0.000000247. The predicted octanol–water partition coefficient (Wildman–Crippen LogP) is 27.8. The van der Waals surface area contributed by atoms with Crippen molar-refractivity contribution < 1.29 is 93.9 Å². The van der Waals surface area contributed by atoms with Crippen LogP contribution in [0.15, 0.2) is 238 Å². The van der Waals surface area contributed by atoms with Gasteiger partial charge in [-0.2, -0.15) is 0 Å². The largest absolute Gasteiger partial charge is 0.492 e. The van der Waals surface area contributed by atoms with E-state index in [-0.39, 0.29) is 95.8 Å². The van der Waals surface area contributed by atoms with Gasteiger partial charge in [0.2, 0.25) is 0 Å². The number of nitrogens with zero attached hydrogens (tertiary/aromatic N) is 3. The van der Waals surface area contributed by atoms with E-state index in [0.29, 0.717) is 26.4 Å². The van der Waals surface area contributed by atoms with E-state index in [9.17, 15) is 4.79 Å². The lowest BCUT2D eigenvalue weighted by molar-refractivity contribution is -0.140. The molecular formula is C123H179N3O20Si3. The fraction of sp³-hybridized carbons (Fsp3) is 0.504. The van der Waals surface area contributed by atoms with Gasteiger partial charge in [-0.3, -0.25) is 4.79 Å². The van der Waals surface area contributed by atoms with Crippen molar-refractivity contribution in [3.8, 4) is 51.7 Å². The smallest absolute Gasteiger partial charge is 0.302 e. The highest BCUT2D eigenvalue weighted by atomic mass is 28.4. The summed E-state index contributed by atoms with van der Waals surface area (Å²) >= 11 is 0. The van der Waals surface area contributed by atoms with Gasteiger partial charge in [0.25, 0.3) is 0 Å². The Morgan fingerprint density at radius 3 is 0.953 bits per heavy atom. The van der Waals surface area contributed by atoms with Gasteiger partial charge >= 0.3 is 5.97 Å². The molecule has 12 rings (SSSR count). The maximum absolute atomic E-state index is 9.82. The number of rotatable bonds is 50. The van der Waals surface area contributed by atoms with Gasteiger partial charge in [-0.15, -0.1) is 13.2 Å². The van der Waals surface area contributed by atoms with Crippen molar-refractivity contribution in [2.45, 2.75) is 237 Å². The van der Waals surface area contributed by atoms with Crippen LogP contribution in [-0.2, 0) is 86.7 Å². The molecule has 0 aliphatic carbocycles. The molecular weight excluding hydrogens is 1920 g/mol. The van der Waals surface area contributed by atoms with Crippen molar-refractivity contribution in [3.05, 3.63) is 288 Å². The molecule has 6 atom stereocenters. The normalized spacial score (nSPS) is 17.3. The number of allylic oxidation sites excluding steroid dienone is 4. The SMILES string of the molecule is C=CC[C@@H]1c2ccc(OCOC)cc2OC[C@]1(C)c1ccc(OCOC)cc1.C=CCc1ccc(N(C)CCO[Si](C)(C)C(C)(C)C)cc1.CCOC(C)=O.COCOc1ccc([C@@]2(C)COc3cc(OCOC)ccc3[C@H]2C/C=C/Cc2ccc(N(C)CCO[Si](C)(C)C(C)(C)C)cc2)cc1.COCOc1ccc([C@@]2(C)COc3cc(OCOC)ccc3[C@H]2CCCCc2ccc(N(C)CCO[Si](C)(C)C(C)(C)C)cc2)cc1. The first-order chi connectivity index (χ1) is 70.8. The molecule has 0 spiro atoms. The summed E-state index contributed by atoms with van der Waals surface area (Å²) in [6, 6.07) is 69.8. The van der Waals surface area contributed by atoms with Gasteiger partial charge in [-0.25, -0.2) is 0 Å². The predicted molar refractivity (Wildman–Crippen MR) is 615 cm³/mol. The van der Waals surface area contributed by atoms with Gasteiger partial charge < -0.3 is 104 Å². The molecule has 3 aliphatic heterocycles. The fourth-order valence-corrected chi connectivity index (χ4v) is 20.5. The zero-order valence-corrected chi connectivity index (χ0v) is 98.5. The van der Waals surface area contributed by atoms with E-state index in [0.717, 1.165) is 148 Å². The molecule has 149 heavy (non-hydrogen) atoms. The van der Waals surface area contributed by atoms with E-state index in [1.807, 2.05) is 84.9 Å². The van der Waals surface area contributed by atoms with Crippen molar-refractivity contribution >= 4 is 48.0 Å². The number of aryl methyl sites for hydroxylation is 1. The molecule has 0 bridgehead atoms. The number of ether oxygens (including phenoxy) is 16. The summed E-state index contributed by atoms with van der Waals surface area (Å²) in [5.41, 5.74) is 14.3. The minimum Gasteiger partial charge on any atom is -0.492 e. The molecule has 0 saturated heterocycles. The Morgan fingerprint density at radius 1 is 0.376 bits per heavy atom. The summed E-state index contributed by atoms with van der Waals surface area (Å²) in [6.45, 7) is 60.7. The van der Waals surface area contributed by atoms with Crippen molar-refractivity contribution in [2.75, 3.05) is 185 Å². The standard InChI is InChI=1S/C39H57NO6Si.C39H55NO6Si.C23H28O5.C18H31NOSi.C4H8O2/c2*1-38(2,3)47(8,9)46-25-24-40(5)32-18-14-30(15-19-32)12-10-11-13-36-35-23-22-34(45-29-42-7)26-37(35)43-27-39(36,4)31-16-20-33(21-17-31)44-28-41-6;1-5-6-21-20-12-11-19(28-16-25-4)13-22(20)26-14-23(21,2)17-7-9-18(10-8-17)27-15-24-3;1-8-9-16-10-12-17(13-11-16)19(5)14-15-20-21(6,7)18(2,3)4;1-3-6-4(2)5/h14-23,26,36H,10-13,24-25,27-29H2,1-9H3;10-11,14-23,26,36H,12-13,24-25,27-29H2,1-9H3;5,7-13,21H,1,6,14-16H2,2-4H3;8,10-13H,1,9,14-15H2,2-7H3;3H2,1-2H3/b;11-10+;;;/t2*36-,39-;21-,23-;;/m111../s1. The van der Waals surface area contributed by atoms with E-state index >= 15 is 0 Å². The molecule has 0 amide bonds. The van der Waals surface area contributed by atoms with Gasteiger partial charge in [-0.1, -0.05) is 205 Å².